The highest BCUT2D eigenvalue weighted by atomic mass is 32.2. The fourth-order valence-corrected chi connectivity index (χ4v) is 9.85. The molecule has 0 aromatic heterocycles. The van der Waals surface area contributed by atoms with Crippen LogP contribution in [0.15, 0.2) is 24.3 Å². The van der Waals surface area contributed by atoms with E-state index in [0.29, 0.717) is 31.3 Å². The fourth-order valence-electron chi connectivity index (χ4n) is 8.97. The van der Waals surface area contributed by atoms with Crippen LogP contribution in [0.5, 0.6) is 0 Å². The smallest absolute Gasteiger partial charge is 0.444 e. The molecular weight excluding hydrogens is 647 g/mol. The summed E-state index contributed by atoms with van der Waals surface area (Å²) in [5.41, 5.74) is 1.01. The molecule has 6 aliphatic rings. The number of benzene rings is 1. The van der Waals surface area contributed by atoms with Gasteiger partial charge >= 0.3 is 13.2 Å². The second-order valence-corrected chi connectivity index (χ2v) is 18.6. The third-order valence-electron chi connectivity index (χ3n) is 11.9. The van der Waals surface area contributed by atoms with E-state index in [1.807, 2.05) is 31.2 Å². The number of nitrogens with zero attached hydrogens (tertiary/aromatic N) is 2. The number of carbonyl (C=O) groups is 3. The second-order valence-electron chi connectivity index (χ2n) is 16.8. The van der Waals surface area contributed by atoms with Crippen LogP contribution in [0, 0.1) is 22.7 Å². The number of rotatable bonds is 9. The third kappa shape index (κ3) is 6.86. The second kappa shape index (κ2) is 12.8. The van der Waals surface area contributed by atoms with E-state index in [0.717, 1.165) is 36.6 Å². The largest absolute Gasteiger partial charge is 0.481 e. The quantitative estimate of drug-likeness (QED) is 0.372. The van der Waals surface area contributed by atoms with Gasteiger partial charge in [0.15, 0.2) is 0 Å². The van der Waals surface area contributed by atoms with Gasteiger partial charge in [-0.3, -0.25) is 14.5 Å². The van der Waals surface area contributed by atoms with Crippen LogP contribution in [0.3, 0.4) is 0 Å². The maximum atomic E-state index is 14.3. The van der Waals surface area contributed by atoms with Crippen molar-refractivity contribution in [2.24, 2.45) is 22.7 Å². The van der Waals surface area contributed by atoms with Crippen LogP contribution in [-0.2, 0) is 46.7 Å². The van der Waals surface area contributed by atoms with Gasteiger partial charge in [-0.25, -0.2) is 17.9 Å². The maximum Gasteiger partial charge on any atom is 0.481 e. The zero-order valence-electron chi connectivity index (χ0n) is 30.2. The van der Waals surface area contributed by atoms with Crippen LogP contribution in [0.1, 0.15) is 91.7 Å². The minimum Gasteiger partial charge on any atom is -0.444 e. The van der Waals surface area contributed by atoms with E-state index in [1.54, 1.807) is 25.7 Å². The summed E-state index contributed by atoms with van der Waals surface area (Å²) < 4.78 is 46.4. The van der Waals surface area contributed by atoms with Gasteiger partial charge in [0.2, 0.25) is 21.8 Å². The highest BCUT2D eigenvalue weighted by Crippen LogP contribution is 2.65. The summed E-state index contributed by atoms with van der Waals surface area (Å²) in [5.74, 6) is -0.477. The molecule has 0 radical (unpaired) electrons. The molecule has 7 rings (SSSR count). The first kappa shape index (κ1) is 36.1. The first-order valence-electron chi connectivity index (χ1n) is 17.8. The monoisotopic (exact) mass is 700 g/mol. The number of fused-ring (bicyclic) bond motifs is 1. The molecule has 3 amide bonds. The molecule has 49 heavy (non-hydrogen) atoms. The predicted octanol–water partition coefficient (Wildman–Crippen LogP) is 3.62. The number of likely N-dealkylation sites (tertiary alicyclic amines) is 1. The molecule has 2 bridgehead atoms. The van der Waals surface area contributed by atoms with Crippen molar-refractivity contribution in [1.82, 2.24) is 19.8 Å². The van der Waals surface area contributed by atoms with Crippen LogP contribution in [0.25, 0.3) is 0 Å². The molecule has 1 aromatic carbocycles. The van der Waals surface area contributed by atoms with Crippen molar-refractivity contribution in [3.8, 4) is 0 Å². The molecular formula is C35H53BN4O8S. The van der Waals surface area contributed by atoms with Crippen LogP contribution >= 0.6 is 0 Å². The Morgan fingerprint density at radius 1 is 1.08 bits per heavy atom. The van der Waals surface area contributed by atoms with Gasteiger partial charge in [0, 0.05) is 19.5 Å². The van der Waals surface area contributed by atoms with Crippen molar-refractivity contribution in [3.63, 3.8) is 0 Å². The van der Waals surface area contributed by atoms with Gasteiger partial charge < -0.3 is 24.3 Å². The number of carbonyl (C=O) groups excluding carboxylic acids is 3. The Kier molecular flexibility index (Phi) is 9.46. The highest BCUT2D eigenvalue weighted by molar-refractivity contribution is 7.88. The molecule has 0 spiro atoms. The van der Waals surface area contributed by atoms with Gasteiger partial charge in [-0.1, -0.05) is 72.2 Å². The van der Waals surface area contributed by atoms with Crippen LogP contribution in [0.2, 0.25) is 0 Å². The molecule has 3 aliphatic carbocycles. The average molecular weight is 701 g/mol. The number of hydrogen-bond acceptors (Lipinski definition) is 8. The molecule has 3 aliphatic heterocycles. The van der Waals surface area contributed by atoms with E-state index in [-0.39, 0.29) is 24.5 Å². The van der Waals surface area contributed by atoms with E-state index in [9.17, 15) is 22.8 Å². The zero-order chi connectivity index (χ0) is 35.7. The van der Waals surface area contributed by atoms with Gasteiger partial charge in [0.05, 0.1) is 30.4 Å². The summed E-state index contributed by atoms with van der Waals surface area (Å²) in [7, 11) is -4.41. The Morgan fingerprint density at radius 2 is 1.73 bits per heavy atom. The van der Waals surface area contributed by atoms with Crippen LogP contribution < -0.4 is 10.0 Å². The van der Waals surface area contributed by atoms with E-state index < -0.39 is 70.2 Å². The van der Waals surface area contributed by atoms with E-state index in [2.05, 4.69) is 30.8 Å². The Hall–Kier alpha value is -2.68. The number of sulfonamides is 1. The molecule has 0 unspecified atom stereocenters. The summed E-state index contributed by atoms with van der Waals surface area (Å²) in [5, 5.41) is 3.16. The fraction of sp³-hybridized carbons (Fsp3) is 0.743. The standard InChI is InChI=1S/C35H53BN4O8S/c1-9-12-28(36-47-27-16-23-15-26(34(23,5)6)35(27,7)48-36)37-30(41)25-17-24(46-32(43)39-18-21-13-10-11-14-22(21)19-39)20-40(25)31(42)29(33(2,3)4)38-49(8,44)45/h10-11,13-14,23-29,38H,9,12,15-20H2,1-8H3,(H,37,41)/t23-,24+,25-,26-,27+,28-,29+,35-/m0/s1. The summed E-state index contributed by atoms with van der Waals surface area (Å²) in [6.07, 6.45) is 3.14. The lowest BCUT2D eigenvalue weighted by Gasteiger charge is -2.64. The number of nitrogens with one attached hydrogen (secondary N) is 2. The normalized spacial score (nSPS) is 31.4. The first-order chi connectivity index (χ1) is 22.8. The zero-order valence-corrected chi connectivity index (χ0v) is 31.0. The first-order valence-corrected chi connectivity index (χ1v) is 19.6. The molecule has 14 heteroatoms. The lowest BCUT2D eigenvalue weighted by Crippen LogP contribution is -2.65. The van der Waals surface area contributed by atoms with Gasteiger partial charge in [0.1, 0.15) is 18.2 Å². The Balaban J connectivity index is 1.21. The lowest BCUT2D eigenvalue weighted by molar-refractivity contribution is -0.199. The Morgan fingerprint density at radius 3 is 2.31 bits per heavy atom. The van der Waals surface area contributed by atoms with Gasteiger partial charge in [0.25, 0.3) is 0 Å². The molecule has 8 atom stereocenters. The topological polar surface area (TPSA) is 144 Å². The molecule has 2 saturated heterocycles. The minimum absolute atomic E-state index is 0.0470. The van der Waals surface area contributed by atoms with E-state index >= 15 is 0 Å². The molecule has 5 fully saturated rings. The third-order valence-corrected chi connectivity index (χ3v) is 12.5. The molecule has 1 aromatic rings. The molecule has 12 nitrogen and oxygen atoms in total. The summed E-state index contributed by atoms with van der Waals surface area (Å²) in [4.78, 5) is 44.8. The van der Waals surface area contributed by atoms with E-state index in [1.165, 1.54) is 4.90 Å². The predicted molar refractivity (Wildman–Crippen MR) is 184 cm³/mol. The van der Waals surface area contributed by atoms with Crippen molar-refractivity contribution >= 4 is 35.0 Å². The number of ether oxygens (including phenoxy) is 1. The summed E-state index contributed by atoms with van der Waals surface area (Å²) in [6.45, 7) is 14.8. The molecule has 270 valence electrons. The Labute approximate surface area is 291 Å². The summed E-state index contributed by atoms with van der Waals surface area (Å²) in [6, 6.07) is 5.66. The minimum atomic E-state index is -3.78. The van der Waals surface area contributed by atoms with Crippen molar-refractivity contribution in [2.75, 3.05) is 12.8 Å². The maximum absolute atomic E-state index is 14.3. The van der Waals surface area contributed by atoms with Crippen molar-refractivity contribution in [1.29, 1.82) is 0 Å². The molecule has 3 heterocycles. The number of hydrogen-bond donors (Lipinski definition) is 2. The van der Waals surface area contributed by atoms with Gasteiger partial charge in [-0.15, -0.1) is 0 Å². The SMILES string of the molecule is CCC[C@H](NC(=O)[C@@H]1C[C@@H](OC(=O)N2Cc3ccccc3C2)CN1C(=O)[C@@H](NS(C)(=O)=O)C(C)(C)C)B1O[C@@H]2C[C@@H]3C[C@@H](C3(C)C)[C@]2(C)O1. The Bertz CT molecular complexity index is 1560. The lowest BCUT2D eigenvalue weighted by atomic mass is 9.43. The molecule has 2 N–H and O–H groups in total. The van der Waals surface area contributed by atoms with E-state index in [4.69, 9.17) is 14.0 Å². The summed E-state index contributed by atoms with van der Waals surface area (Å²) >= 11 is 0. The van der Waals surface area contributed by atoms with Gasteiger partial charge in [-0.05, 0) is 60.0 Å². The average Bonchev–Trinajstić information content (AvgIpc) is 3.72. The van der Waals surface area contributed by atoms with Crippen molar-refractivity contribution < 1.29 is 36.8 Å². The highest BCUT2D eigenvalue weighted by Gasteiger charge is 2.68. The number of amides is 3. The van der Waals surface area contributed by atoms with Gasteiger partial charge in [-0.2, -0.15) is 0 Å². The van der Waals surface area contributed by atoms with Crippen molar-refractivity contribution in [2.45, 2.75) is 129 Å². The van der Waals surface area contributed by atoms with Crippen LogP contribution in [-0.4, -0.2) is 91.9 Å². The van der Waals surface area contributed by atoms with Crippen molar-refractivity contribution in [3.05, 3.63) is 35.4 Å². The molecule has 3 saturated carbocycles. The van der Waals surface area contributed by atoms with Crippen LogP contribution in [0.4, 0.5) is 4.79 Å².